The molecule has 18 heavy (non-hydrogen) atoms. The fourth-order valence-electron chi connectivity index (χ4n) is 1.13. The number of halogens is 1. The molecule has 1 amide bonds. The minimum Gasteiger partial charge on any atom is -0.365 e. The van der Waals surface area contributed by atoms with Crippen LogP contribution in [0.2, 0.25) is 0 Å². The fourth-order valence-corrected chi connectivity index (χ4v) is 1.26. The van der Waals surface area contributed by atoms with Crippen LogP contribution < -0.4 is 5.73 Å². The Kier molecular flexibility index (Phi) is 5.43. The summed E-state index contributed by atoms with van der Waals surface area (Å²) in [5.41, 5.74) is 5.84. The van der Waals surface area contributed by atoms with E-state index in [-0.39, 0.29) is 5.57 Å². The van der Waals surface area contributed by atoms with E-state index in [0.29, 0.717) is 5.03 Å². The molecule has 0 aromatic heterocycles. The predicted molar refractivity (Wildman–Crippen MR) is 72.3 cm³/mol. The van der Waals surface area contributed by atoms with E-state index in [4.69, 9.17) is 22.6 Å². The van der Waals surface area contributed by atoms with E-state index >= 15 is 0 Å². The van der Waals surface area contributed by atoms with Gasteiger partial charge in [-0.05, 0) is 23.8 Å². The summed E-state index contributed by atoms with van der Waals surface area (Å²) < 4.78 is 0. The Labute approximate surface area is 110 Å². The summed E-state index contributed by atoms with van der Waals surface area (Å²) in [6, 6.07) is 11.3. The first-order valence-corrected chi connectivity index (χ1v) is 5.52. The highest BCUT2D eigenvalue weighted by Gasteiger charge is 2.00. The normalized spacial score (nSPS) is 12.4. The zero-order valence-electron chi connectivity index (χ0n) is 9.51. The number of nitrogens with zero attached hydrogens (tertiary/aromatic N) is 1. The summed E-state index contributed by atoms with van der Waals surface area (Å²) in [6.45, 7) is 0. The van der Waals surface area contributed by atoms with Crippen molar-refractivity contribution in [3.63, 3.8) is 0 Å². The Bertz CT molecular complexity index is 551. The van der Waals surface area contributed by atoms with Crippen LogP contribution in [0.25, 0.3) is 6.08 Å². The summed E-state index contributed by atoms with van der Waals surface area (Å²) in [4.78, 5) is 10.8. The van der Waals surface area contributed by atoms with Gasteiger partial charge in [0.1, 0.15) is 11.6 Å². The number of amides is 1. The topological polar surface area (TPSA) is 66.9 Å². The van der Waals surface area contributed by atoms with Crippen LogP contribution in [0.1, 0.15) is 5.56 Å². The summed E-state index contributed by atoms with van der Waals surface area (Å²) in [5, 5.41) is 9.00. The van der Waals surface area contributed by atoms with Crippen LogP contribution in [0.3, 0.4) is 0 Å². The Morgan fingerprint density at radius 1 is 1.28 bits per heavy atom. The highest BCUT2D eigenvalue weighted by atomic mass is 35.5. The highest BCUT2D eigenvalue weighted by Crippen LogP contribution is 2.09. The second kappa shape index (κ2) is 7.10. The van der Waals surface area contributed by atoms with Crippen LogP contribution in [-0.4, -0.2) is 5.91 Å². The molecule has 0 bridgehead atoms. The van der Waals surface area contributed by atoms with Crippen molar-refractivity contribution in [3.05, 3.63) is 64.7 Å². The largest absolute Gasteiger partial charge is 0.365 e. The lowest BCUT2D eigenvalue weighted by molar-refractivity contribution is -0.114. The van der Waals surface area contributed by atoms with Gasteiger partial charge >= 0.3 is 0 Å². The zero-order valence-corrected chi connectivity index (χ0v) is 10.3. The molecule has 0 saturated carbocycles. The van der Waals surface area contributed by atoms with Crippen molar-refractivity contribution in [3.8, 4) is 6.07 Å². The van der Waals surface area contributed by atoms with Gasteiger partial charge in [0.05, 0.1) is 0 Å². The van der Waals surface area contributed by atoms with E-state index in [9.17, 15) is 4.79 Å². The maximum absolute atomic E-state index is 10.8. The van der Waals surface area contributed by atoms with Crippen LogP contribution in [0.15, 0.2) is 59.2 Å². The predicted octanol–water partition coefficient (Wildman–Crippen LogP) is 2.76. The molecule has 0 fully saturated rings. The third-order valence-corrected chi connectivity index (χ3v) is 2.28. The van der Waals surface area contributed by atoms with Crippen molar-refractivity contribution < 1.29 is 4.79 Å². The number of rotatable bonds is 4. The number of carbonyl (C=O) groups is 1. The van der Waals surface area contributed by atoms with Gasteiger partial charge in [-0.15, -0.1) is 0 Å². The molecule has 1 aromatic carbocycles. The number of benzene rings is 1. The first kappa shape index (κ1) is 13.8. The maximum Gasteiger partial charge on any atom is 0.259 e. The molecule has 0 saturated heterocycles. The van der Waals surface area contributed by atoms with Crippen LogP contribution in [0.4, 0.5) is 0 Å². The first-order valence-electron chi connectivity index (χ1n) is 5.14. The monoisotopic (exact) mass is 258 g/mol. The standard InChI is InChI=1S/C14H11ClN2O/c15-13(9-7-12(10-16)14(17)18)8-6-11-4-2-1-3-5-11/h1-9H,(H2,17,18). The summed E-state index contributed by atoms with van der Waals surface area (Å²) in [7, 11) is 0. The Balaban J connectivity index is 2.78. The molecular formula is C14H11ClN2O. The average molecular weight is 259 g/mol. The summed E-state index contributed by atoms with van der Waals surface area (Å²) in [6.07, 6.45) is 6.23. The second-order valence-electron chi connectivity index (χ2n) is 3.35. The van der Waals surface area contributed by atoms with Gasteiger partial charge in [-0.3, -0.25) is 4.79 Å². The summed E-state index contributed by atoms with van der Waals surface area (Å²) in [5.74, 6) is -0.773. The van der Waals surface area contributed by atoms with Crippen molar-refractivity contribution >= 4 is 23.6 Å². The van der Waals surface area contributed by atoms with E-state index in [1.165, 1.54) is 12.2 Å². The Hall–Kier alpha value is -2.31. The number of carbonyl (C=O) groups excluding carboxylic acids is 1. The first-order chi connectivity index (χ1) is 8.63. The number of primary amides is 1. The number of hydrogen-bond acceptors (Lipinski definition) is 2. The average Bonchev–Trinajstić information content (AvgIpc) is 2.38. The molecule has 3 nitrogen and oxygen atoms in total. The van der Waals surface area contributed by atoms with Gasteiger partial charge in [-0.25, -0.2) is 0 Å². The van der Waals surface area contributed by atoms with E-state index in [2.05, 4.69) is 0 Å². The molecular weight excluding hydrogens is 248 g/mol. The van der Waals surface area contributed by atoms with Crippen molar-refractivity contribution in [2.75, 3.05) is 0 Å². The molecule has 0 heterocycles. The van der Waals surface area contributed by atoms with Crippen LogP contribution >= 0.6 is 11.6 Å². The molecule has 1 rings (SSSR count). The SMILES string of the molecule is N#CC(=CC=C(Cl)C=Cc1ccccc1)C(N)=O. The molecule has 1 aromatic rings. The van der Waals surface area contributed by atoms with Crippen LogP contribution in [0, 0.1) is 11.3 Å². The van der Waals surface area contributed by atoms with Crippen LogP contribution in [0.5, 0.6) is 0 Å². The zero-order chi connectivity index (χ0) is 13.4. The molecule has 0 aliphatic rings. The minimum absolute atomic E-state index is 0.138. The highest BCUT2D eigenvalue weighted by molar-refractivity contribution is 6.31. The lowest BCUT2D eigenvalue weighted by atomic mass is 10.2. The van der Waals surface area contributed by atoms with Gasteiger partial charge in [-0.1, -0.05) is 48.0 Å². The Morgan fingerprint density at radius 3 is 2.50 bits per heavy atom. The van der Waals surface area contributed by atoms with Gasteiger partial charge < -0.3 is 5.73 Å². The number of allylic oxidation sites excluding steroid dienone is 4. The van der Waals surface area contributed by atoms with E-state index in [1.807, 2.05) is 36.4 Å². The van der Waals surface area contributed by atoms with Gasteiger partial charge in [0.15, 0.2) is 0 Å². The minimum atomic E-state index is -0.773. The molecule has 0 aliphatic carbocycles. The molecule has 4 heteroatoms. The summed E-state index contributed by atoms with van der Waals surface area (Å²) >= 11 is 5.90. The van der Waals surface area contributed by atoms with Crippen molar-refractivity contribution in [1.29, 1.82) is 5.26 Å². The molecule has 2 N–H and O–H groups in total. The lowest BCUT2D eigenvalue weighted by Gasteiger charge is -1.91. The maximum atomic E-state index is 10.8. The van der Waals surface area contributed by atoms with Gasteiger partial charge in [-0.2, -0.15) is 5.26 Å². The second-order valence-corrected chi connectivity index (χ2v) is 3.79. The quantitative estimate of drug-likeness (QED) is 0.513. The van der Waals surface area contributed by atoms with Crippen LogP contribution in [-0.2, 0) is 4.79 Å². The van der Waals surface area contributed by atoms with Gasteiger partial charge in [0.2, 0.25) is 0 Å². The fraction of sp³-hybridized carbons (Fsp3) is 0. The molecule has 0 aliphatic heterocycles. The molecule has 0 spiro atoms. The van der Waals surface area contributed by atoms with Gasteiger partial charge in [0.25, 0.3) is 5.91 Å². The van der Waals surface area contributed by atoms with Gasteiger partial charge in [0, 0.05) is 5.03 Å². The van der Waals surface area contributed by atoms with Crippen molar-refractivity contribution in [2.24, 2.45) is 5.73 Å². The molecule has 0 unspecified atom stereocenters. The van der Waals surface area contributed by atoms with Crippen molar-refractivity contribution in [1.82, 2.24) is 0 Å². The Morgan fingerprint density at radius 2 is 1.94 bits per heavy atom. The van der Waals surface area contributed by atoms with E-state index < -0.39 is 5.91 Å². The lowest BCUT2D eigenvalue weighted by Crippen LogP contribution is -2.12. The number of nitriles is 1. The molecule has 0 radical (unpaired) electrons. The molecule has 90 valence electrons. The third kappa shape index (κ3) is 4.69. The number of nitrogens with two attached hydrogens (primary N) is 1. The molecule has 0 atom stereocenters. The van der Waals surface area contributed by atoms with Crippen molar-refractivity contribution in [2.45, 2.75) is 0 Å². The third-order valence-electron chi connectivity index (χ3n) is 2.03. The van der Waals surface area contributed by atoms with E-state index in [0.717, 1.165) is 5.56 Å². The van der Waals surface area contributed by atoms with E-state index in [1.54, 1.807) is 12.1 Å². The number of hydrogen-bond donors (Lipinski definition) is 1. The smallest absolute Gasteiger partial charge is 0.259 e.